The van der Waals surface area contributed by atoms with Gasteiger partial charge in [-0.2, -0.15) is 0 Å². The van der Waals surface area contributed by atoms with Crippen LogP contribution in [-0.2, 0) is 0 Å². The van der Waals surface area contributed by atoms with Crippen molar-refractivity contribution in [3.05, 3.63) is 53.9 Å². The Kier molecular flexibility index (Phi) is 4.48. The van der Waals surface area contributed by atoms with E-state index in [0.717, 1.165) is 18.7 Å². The van der Waals surface area contributed by atoms with Crippen LogP contribution in [0.4, 0.5) is 11.4 Å². The summed E-state index contributed by atoms with van der Waals surface area (Å²) in [5.74, 6) is 0.416. The third kappa shape index (κ3) is 2.85. The highest BCUT2D eigenvalue weighted by atomic mass is 35.5. The Labute approximate surface area is 130 Å². The van der Waals surface area contributed by atoms with Crippen LogP contribution < -0.4 is 10.6 Å². The van der Waals surface area contributed by atoms with Crippen LogP contribution in [0.3, 0.4) is 0 Å². The highest BCUT2D eigenvalue weighted by Crippen LogP contribution is 2.35. The number of para-hydroxylation sites is 1. The van der Waals surface area contributed by atoms with Crippen molar-refractivity contribution in [2.75, 3.05) is 17.2 Å². The van der Waals surface area contributed by atoms with Gasteiger partial charge in [-0.25, -0.2) is 4.98 Å². The minimum absolute atomic E-state index is 0. The number of amides is 1. The monoisotopic (exact) mass is 303 g/mol. The van der Waals surface area contributed by atoms with Crippen LogP contribution in [0.2, 0.25) is 0 Å². The molecule has 2 aromatic rings. The lowest BCUT2D eigenvalue weighted by Crippen LogP contribution is -2.36. The maximum atomic E-state index is 12.6. The van der Waals surface area contributed by atoms with Gasteiger partial charge in [0.1, 0.15) is 5.69 Å². The number of hydrogen-bond acceptors (Lipinski definition) is 3. The molecule has 1 aromatic carbocycles. The van der Waals surface area contributed by atoms with E-state index in [1.165, 1.54) is 11.8 Å². The van der Waals surface area contributed by atoms with Crippen LogP contribution in [0.25, 0.3) is 0 Å². The summed E-state index contributed by atoms with van der Waals surface area (Å²) in [5.41, 5.74) is 8.83. The third-order valence-corrected chi connectivity index (χ3v) is 3.79. The molecule has 5 heteroatoms. The topological polar surface area (TPSA) is 59.2 Å². The minimum atomic E-state index is -0.0654. The van der Waals surface area contributed by atoms with Crippen LogP contribution in [0.15, 0.2) is 42.6 Å². The summed E-state index contributed by atoms with van der Waals surface area (Å²) >= 11 is 0. The highest BCUT2D eigenvalue weighted by molar-refractivity contribution is 6.05. The second-order valence-electron chi connectivity index (χ2n) is 5.18. The van der Waals surface area contributed by atoms with Crippen molar-refractivity contribution < 1.29 is 4.79 Å². The summed E-state index contributed by atoms with van der Waals surface area (Å²) in [5, 5.41) is 0. The van der Waals surface area contributed by atoms with Gasteiger partial charge in [0, 0.05) is 12.2 Å². The molecule has 3 rings (SSSR count). The predicted molar refractivity (Wildman–Crippen MR) is 87.0 cm³/mol. The number of nitrogen functional groups attached to an aromatic ring is 1. The second-order valence-corrected chi connectivity index (χ2v) is 5.18. The molecule has 0 saturated heterocycles. The van der Waals surface area contributed by atoms with Crippen LogP contribution in [0, 0.1) is 0 Å². The van der Waals surface area contributed by atoms with E-state index >= 15 is 0 Å². The van der Waals surface area contributed by atoms with E-state index < -0.39 is 0 Å². The van der Waals surface area contributed by atoms with Gasteiger partial charge in [-0.1, -0.05) is 25.1 Å². The van der Waals surface area contributed by atoms with Gasteiger partial charge in [-0.3, -0.25) is 4.79 Å². The van der Waals surface area contributed by atoms with E-state index in [2.05, 4.69) is 18.0 Å². The molecule has 1 atom stereocenters. The van der Waals surface area contributed by atoms with Crippen molar-refractivity contribution in [2.45, 2.75) is 19.3 Å². The van der Waals surface area contributed by atoms with E-state index in [1.807, 2.05) is 23.1 Å². The van der Waals surface area contributed by atoms with Crippen molar-refractivity contribution in [2.24, 2.45) is 0 Å². The fraction of sp³-hybridized carbons (Fsp3) is 0.250. The Bertz CT molecular complexity index is 642. The van der Waals surface area contributed by atoms with Crippen LogP contribution in [0.1, 0.15) is 35.3 Å². The van der Waals surface area contributed by atoms with Gasteiger partial charge in [-0.05, 0) is 36.1 Å². The lowest BCUT2D eigenvalue weighted by Gasteiger charge is -2.32. The van der Waals surface area contributed by atoms with Crippen molar-refractivity contribution in [1.82, 2.24) is 4.98 Å². The smallest absolute Gasteiger partial charge is 0.276 e. The number of hydrogen-bond donors (Lipinski definition) is 1. The number of nitrogens with two attached hydrogens (primary N) is 1. The van der Waals surface area contributed by atoms with Crippen LogP contribution >= 0.6 is 12.4 Å². The highest BCUT2D eigenvalue weighted by Gasteiger charge is 2.27. The molecule has 0 bridgehead atoms. The number of nitrogens with zero attached hydrogens (tertiary/aromatic N) is 2. The van der Waals surface area contributed by atoms with E-state index in [4.69, 9.17) is 5.73 Å². The van der Waals surface area contributed by atoms with E-state index in [-0.39, 0.29) is 18.3 Å². The zero-order chi connectivity index (χ0) is 14.1. The summed E-state index contributed by atoms with van der Waals surface area (Å²) in [6.45, 7) is 2.92. The van der Waals surface area contributed by atoms with Crippen molar-refractivity contribution >= 4 is 29.7 Å². The largest absolute Gasteiger partial charge is 0.397 e. The molecule has 1 unspecified atom stereocenters. The Balaban J connectivity index is 0.00000161. The van der Waals surface area contributed by atoms with E-state index in [1.54, 1.807) is 12.1 Å². The Morgan fingerprint density at radius 2 is 2.05 bits per heavy atom. The molecule has 1 aliphatic rings. The van der Waals surface area contributed by atoms with Gasteiger partial charge in [0.2, 0.25) is 0 Å². The molecule has 110 valence electrons. The summed E-state index contributed by atoms with van der Waals surface area (Å²) in [4.78, 5) is 18.5. The molecule has 2 heterocycles. The SMILES string of the molecule is CC1CCN(C(=O)c2ccc(N)cn2)c2ccccc21.Cl. The maximum Gasteiger partial charge on any atom is 0.276 e. The first-order chi connectivity index (χ1) is 9.66. The summed E-state index contributed by atoms with van der Waals surface area (Å²) in [6.07, 6.45) is 2.49. The molecule has 1 aliphatic heterocycles. The molecule has 21 heavy (non-hydrogen) atoms. The average Bonchev–Trinajstić information content (AvgIpc) is 2.48. The summed E-state index contributed by atoms with van der Waals surface area (Å²) in [7, 11) is 0. The van der Waals surface area contributed by atoms with E-state index in [0.29, 0.717) is 17.3 Å². The van der Waals surface area contributed by atoms with Gasteiger partial charge in [0.25, 0.3) is 5.91 Å². The number of rotatable bonds is 1. The molecular weight excluding hydrogens is 286 g/mol. The molecular formula is C16H18ClN3O. The van der Waals surface area contributed by atoms with Gasteiger partial charge in [0.15, 0.2) is 0 Å². The number of aromatic nitrogens is 1. The molecule has 1 amide bonds. The first-order valence-electron chi connectivity index (χ1n) is 6.79. The van der Waals surface area contributed by atoms with E-state index in [9.17, 15) is 4.79 Å². The standard InChI is InChI=1S/C16H17N3O.ClH/c1-11-8-9-19(15-5-3-2-4-13(11)15)16(20)14-7-6-12(17)10-18-14;/h2-7,10-11H,8-9,17H2,1H3;1H. The molecule has 0 radical (unpaired) electrons. The number of pyridine rings is 1. The van der Waals surface area contributed by atoms with Crippen LogP contribution in [0.5, 0.6) is 0 Å². The number of benzene rings is 1. The Morgan fingerprint density at radius 3 is 2.76 bits per heavy atom. The maximum absolute atomic E-state index is 12.6. The fourth-order valence-electron chi connectivity index (χ4n) is 2.63. The van der Waals surface area contributed by atoms with Crippen molar-refractivity contribution in [3.63, 3.8) is 0 Å². The number of carbonyl (C=O) groups is 1. The van der Waals surface area contributed by atoms with Crippen molar-refractivity contribution in [1.29, 1.82) is 0 Å². The molecule has 1 aromatic heterocycles. The predicted octanol–water partition coefficient (Wildman–Crippen LogP) is 3.24. The normalized spacial score (nSPS) is 16.8. The molecule has 2 N–H and O–H groups in total. The molecule has 4 nitrogen and oxygen atoms in total. The second kappa shape index (κ2) is 6.14. The van der Waals surface area contributed by atoms with Gasteiger partial charge >= 0.3 is 0 Å². The van der Waals surface area contributed by atoms with Crippen LogP contribution in [-0.4, -0.2) is 17.4 Å². The van der Waals surface area contributed by atoms with Gasteiger partial charge in [-0.15, -0.1) is 12.4 Å². The molecule has 0 spiro atoms. The lowest BCUT2D eigenvalue weighted by atomic mass is 9.91. The first kappa shape index (κ1) is 15.3. The fourth-order valence-corrected chi connectivity index (χ4v) is 2.63. The third-order valence-electron chi connectivity index (χ3n) is 3.79. The number of anilines is 2. The number of halogens is 1. The van der Waals surface area contributed by atoms with Gasteiger partial charge < -0.3 is 10.6 Å². The quantitative estimate of drug-likeness (QED) is 0.880. The molecule has 0 saturated carbocycles. The number of carbonyl (C=O) groups excluding carboxylic acids is 1. The van der Waals surface area contributed by atoms with Crippen molar-refractivity contribution in [3.8, 4) is 0 Å². The summed E-state index contributed by atoms with van der Waals surface area (Å²) in [6, 6.07) is 11.5. The zero-order valence-electron chi connectivity index (χ0n) is 11.8. The number of fused-ring (bicyclic) bond motifs is 1. The first-order valence-corrected chi connectivity index (χ1v) is 6.79. The Morgan fingerprint density at radius 1 is 1.29 bits per heavy atom. The lowest BCUT2D eigenvalue weighted by molar-refractivity contribution is 0.0979. The average molecular weight is 304 g/mol. The van der Waals surface area contributed by atoms with Gasteiger partial charge in [0.05, 0.1) is 11.9 Å². The molecule has 0 aliphatic carbocycles. The summed E-state index contributed by atoms with van der Waals surface area (Å²) < 4.78 is 0. The minimum Gasteiger partial charge on any atom is -0.397 e. The Hall–Kier alpha value is -2.07. The zero-order valence-corrected chi connectivity index (χ0v) is 12.6. The molecule has 0 fully saturated rings.